The minimum Gasteiger partial charge on any atom is -0.396 e. The zero-order chi connectivity index (χ0) is 9.45. The highest BCUT2D eigenvalue weighted by atomic mass is 32.2. The lowest BCUT2D eigenvalue weighted by Crippen LogP contribution is -2.20. The van der Waals surface area contributed by atoms with Crippen molar-refractivity contribution in [1.29, 1.82) is 0 Å². The topological polar surface area (TPSA) is 32.3 Å². The Bertz CT molecular complexity index is 109. The smallest absolute Gasteiger partial charge is 0.396 e. The average Bonchev–Trinajstić information content (AvgIpc) is 1.94. The number of aliphatic hydroxyl groups is 1. The van der Waals surface area contributed by atoms with Gasteiger partial charge in [0.15, 0.2) is 0 Å². The summed E-state index contributed by atoms with van der Waals surface area (Å²) in [4.78, 5) is 0. The SMILES string of the molecule is OCCCNCCSC(F)(F)F. The van der Waals surface area contributed by atoms with E-state index in [1.165, 1.54) is 0 Å². The largest absolute Gasteiger partial charge is 0.441 e. The monoisotopic (exact) mass is 203 g/mol. The molecule has 0 aromatic heterocycles. The van der Waals surface area contributed by atoms with Crippen molar-refractivity contribution in [2.45, 2.75) is 11.9 Å². The Balaban J connectivity index is 3.01. The first-order chi connectivity index (χ1) is 5.56. The Morgan fingerprint density at radius 3 is 2.42 bits per heavy atom. The summed E-state index contributed by atoms with van der Waals surface area (Å²) in [6, 6.07) is 0. The van der Waals surface area contributed by atoms with Gasteiger partial charge in [-0.1, -0.05) is 0 Å². The quantitative estimate of drug-likeness (QED) is 0.636. The van der Waals surface area contributed by atoms with E-state index in [-0.39, 0.29) is 24.1 Å². The molecule has 0 heterocycles. The highest BCUT2D eigenvalue weighted by Crippen LogP contribution is 2.29. The predicted molar refractivity (Wildman–Crippen MR) is 43.1 cm³/mol. The number of halogens is 3. The Morgan fingerprint density at radius 1 is 1.25 bits per heavy atom. The van der Waals surface area contributed by atoms with Gasteiger partial charge in [0.2, 0.25) is 0 Å². The third-order valence-electron chi connectivity index (χ3n) is 1.06. The second-order valence-corrected chi connectivity index (χ2v) is 3.28. The van der Waals surface area contributed by atoms with Gasteiger partial charge in [0.25, 0.3) is 0 Å². The van der Waals surface area contributed by atoms with E-state index in [9.17, 15) is 13.2 Å². The first kappa shape index (κ1) is 12.1. The maximum Gasteiger partial charge on any atom is 0.441 e. The van der Waals surface area contributed by atoms with Crippen molar-refractivity contribution >= 4 is 11.8 Å². The third-order valence-corrected chi connectivity index (χ3v) is 1.79. The van der Waals surface area contributed by atoms with Crippen molar-refractivity contribution in [2.75, 3.05) is 25.4 Å². The highest BCUT2D eigenvalue weighted by Gasteiger charge is 2.27. The second-order valence-electron chi connectivity index (χ2n) is 2.12. The van der Waals surface area contributed by atoms with Crippen molar-refractivity contribution in [3.05, 3.63) is 0 Å². The van der Waals surface area contributed by atoms with Gasteiger partial charge >= 0.3 is 5.51 Å². The van der Waals surface area contributed by atoms with Crippen molar-refractivity contribution in [3.63, 3.8) is 0 Å². The molecule has 0 saturated carbocycles. The van der Waals surface area contributed by atoms with Crippen LogP contribution in [0.5, 0.6) is 0 Å². The summed E-state index contributed by atoms with van der Waals surface area (Å²) in [6.07, 6.45) is 0.580. The number of hydrogen-bond donors (Lipinski definition) is 2. The standard InChI is InChI=1S/C6H12F3NOS/c7-6(8,9)12-5-3-10-2-1-4-11/h10-11H,1-5H2. The van der Waals surface area contributed by atoms with E-state index in [0.29, 0.717) is 19.5 Å². The molecule has 2 N–H and O–H groups in total. The maximum absolute atomic E-state index is 11.5. The summed E-state index contributed by atoms with van der Waals surface area (Å²) in [6.45, 7) is 0.957. The maximum atomic E-state index is 11.5. The Labute approximate surface area is 73.5 Å². The van der Waals surface area contributed by atoms with Gasteiger partial charge in [-0.25, -0.2) is 0 Å². The highest BCUT2D eigenvalue weighted by molar-refractivity contribution is 8.00. The van der Waals surface area contributed by atoms with Gasteiger partial charge in [-0.2, -0.15) is 13.2 Å². The van der Waals surface area contributed by atoms with Gasteiger partial charge in [0.05, 0.1) is 0 Å². The van der Waals surface area contributed by atoms with Crippen LogP contribution in [0.4, 0.5) is 13.2 Å². The van der Waals surface area contributed by atoms with Crippen LogP contribution in [-0.4, -0.2) is 36.1 Å². The van der Waals surface area contributed by atoms with Gasteiger partial charge in [-0.15, -0.1) is 0 Å². The lowest BCUT2D eigenvalue weighted by Gasteiger charge is -2.05. The number of alkyl halides is 3. The molecule has 0 aliphatic rings. The molecule has 0 rings (SSSR count). The molecule has 0 atom stereocenters. The van der Waals surface area contributed by atoms with Crippen LogP contribution in [0.3, 0.4) is 0 Å². The lowest BCUT2D eigenvalue weighted by atomic mass is 10.4. The Hall–Kier alpha value is 0.0600. The molecule has 0 aliphatic heterocycles. The van der Waals surface area contributed by atoms with Crippen LogP contribution >= 0.6 is 11.8 Å². The van der Waals surface area contributed by atoms with Crippen molar-refractivity contribution in [3.8, 4) is 0 Å². The van der Waals surface area contributed by atoms with Crippen LogP contribution in [0.2, 0.25) is 0 Å². The van der Waals surface area contributed by atoms with Gasteiger partial charge in [0.1, 0.15) is 0 Å². The van der Waals surface area contributed by atoms with Crippen LogP contribution in [0.1, 0.15) is 6.42 Å². The normalized spacial score (nSPS) is 12.0. The molecule has 0 aliphatic carbocycles. The van der Waals surface area contributed by atoms with Crippen LogP contribution in [0.25, 0.3) is 0 Å². The van der Waals surface area contributed by atoms with Crippen LogP contribution in [0.15, 0.2) is 0 Å². The van der Waals surface area contributed by atoms with Crippen LogP contribution in [0, 0.1) is 0 Å². The molecule has 12 heavy (non-hydrogen) atoms. The number of nitrogens with one attached hydrogen (secondary N) is 1. The first-order valence-corrected chi connectivity index (χ1v) is 4.57. The molecular formula is C6H12F3NOS. The molecule has 0 saturated heterocycles. The van der Waals surface area contributed by atoms with Crippen molar-refractivity contribution in [2.24, 2.45) is 0 Å². The summed E-state index contributed by atoms with van der Waals surface area (Å²) in [5.41, 5.74) is -4.13. The lowest BCUT2D eigenvalue weighted by molar-refractivity contribution is -0.0327. The molecule has 0 unspecified atom stereocenters. The second kappa shape index (κ2) is 6.56. The molecule has 2 nitrogen and oxygen atoms in total. The summed E-state index contributed by atoms with van der Waals surface area (Å²) in [5, 5.41) is 11.1. The van der Waals surface area contributed by atoms with Gasteiger partial charge in [0, 0.05) is 18.9 Å². The fourth-order valence-electron chi connectivity index (χ4n) is 0.568. The van der Waals surface area contributed by atoms with E-state index in [4.69, 9.17) is 5.11 Å². The molecule has 0 aromatic carbocycles. The van der Waals surface area contributed by atoms with E-state index < -0.39 is 5.51 Å². The predicted octanol–water partition coefficient (Wildman–Crippen LogP) is 1.21. The Kier molecular flexibility index (Phi) is 6.60. The molecule has 0 bridgehead atoms. The van der Waals surface area contributed by atoms with E-state index in [0.717, 1.165) is 0 Å². The van der Waals surface area contributed by atoms with Gasteiger partial charge in [-0.05, 0) is 24.7 Å². The van der Waals surface area contributed by atoms with Gasteiger partial charge in [-0.3, -0.25) is 0 Å². The number of aliphatic hydroxyl groups excluding tert-OH is 1. The molecule has 0 spiro atoms. The Morgan fingerprint density at radius 2 is 1.92 bits per heavy atom. The minimum absolute atomic E-state index is 0.0227. The molecule has 74 valence electrons. The molecular weight excluding hydrogens is 191 g/mol. The van der Waals surface area contributed by atoms with Crippen LogP contribution in [-0.2, 0) is 0 Å². The molecule has 6 heteroatoms. The summed E-state index contributed by atoms with van der Waals surface area (Å²) >= 11 is -0.0334. The third kappa shape index (κ3) is 10.1. The van der Waals surface area contributed by atoms with E-state index in [1.807, 2.05) is 0 Å². The van der Waals surface area contributed by atoms with E-state index in [1.54, 1.807) is 0 Å². The van der Waals surface area contributed by atoms with Gasteiger partial charge < -0.3 is 10.4 Å². The number of hydrogen-bond acceptors (Lipinski definition) is 3. The summed E-state index contributed by atoms with van der Waals surface area (Å²) < 4.78 is 34.6. The molecule has 0 fully saturated rings. The fraction of sp³-hybridized carbons (Fsp3) is 1.00. The van der Waals surface area contributed by atoms with E-state index >= 15 is 0 Å². The summed E-state index contributed by atoms with van der Waals surface area (Å²) in [5.74, 6) is 0.0227. The zero-order valence-electron chi connectivity index (χ0n) is 6.52. The average molecular weight is 203 g/mol. The molecule has 0 radical (unpaired) electrons. The van der Waals surface area contributed by atoms with Crippen LogP contribution < -0.4 is 5.32 Å². The molecule has 0 aromatic rings. The minimum atomic E-state index is -4.13. The molecule has 0 amide bonds. The first-order valence-electron chi connectivity index (χ1n) is 3.58. The number of thioether (sulfide) groups is 1. The van der Waals surface area contributed by atoms with Crippen molar-refractivity contribution in [1.82, 2.24) is 5.32 Å². The fourth-order valence-corrected chi connectivity index (χ4v) is 1.05. The zero-order valence-corrected chi connectivity index (χ0v) is 7.34. The summed E-state index contributed by atoms with van der Waals surface area (Å²) in [7, 11) is 0. The number of rotatable bonds is 6. The van der Waals surface area contributed by atoms with Crippen molar-refractivity contribution < 1.29 is 18.3 Å². The van der Waals surface area contributed by atoms with E-state index in [2.05, 4.69) is 5.32 Å².